The number of nitro groups is 1. The minimum Gasteiger partial charge on any atom is -0.478 e. The summed E-state index contributed by atoms with van der Waals surface area (Å²) in [6.45, 7) is -0.288. The van der Waals surface area contributed by atoms with E-state index in [0.717, 1.165) is 17.0 Å². The fraction of sp³-hybridized carbons (Fsp3) is 0.182. The molecular formula is C11H10N2O6. The summed E-state index contributed by atoms with van der Waals surface area (Å²) in [5, 5.41) is 19.8. The highest BCUT2D eigenvalue weighted by atomic mass is 16.6. The van der Waals surface area contributed by atoms with Crippen LogP contribution in [0.4, 0.5) is 5.69 Å². The minimum atomic E-state index is -1.45. The molecule has 0 fully saturated rings. The highest BCUT2D eigenvalue weighted by Crippen LogP contribution is 2.23. The van der Waals surface area contributed by atoms with Crippen LogP contribution in [-0.4, -0.2) is 46.7 Å². The largest absolute Gasteiger partial charge is 0.478 e. The highest BCUT2D eigenvalue weighted by molar-refractivity contribution is 6.08. The molecule has 0 unspecified atom stereocenters. The van der Waals surface area contributed by atoms with Crippen LogP contribution < -0.4 is 0 Å². The van der Waals surface area contributed by atoms with Gasteiger partial charge in [-0.05, 0) is 6.07 Å². The quantitative estimate of drug-likeness (QED) is 0.472. The second-order valence-corrected chi connectivity index (χ2v) is 3.61. The van der Waals surface area contributed by atoms with Gasteiger partial charge in [0.2, 0.25) is 0 Å². The zero-order valence-electron chi connectivity index (χ0n) is 9.90. The van der Waals surface area contributed by atoms with Crippen LogP contribution in [0.3, 0.4) is 0 Å². The molecule has 1 aromatic carbocycles. The van der Waals surface area contributed by atoms with Crippen LogP contribution in [0.5, 0.6) is 0 Å². The number of benzene rings is 1. The van der Waals surface area contributed by atoms with E-state index in [2.05, 4.69) is 0 Å². The Bertz CT molecular complexity index is 522. The summed E-state index contributed by atoms with van der Waals surface area (Å²) in [7, 11) is 1.25. The Labute approximate surface area is 107 Å². The Balaban J connectivity index is 3.44. The third kappa shape index (κ3) is 2.92. The van der Waals surface area contributed by atoms with Gasteiger partial charge in [-0.1, -0.05) is 6.07 Å². The molecule has 1 rings (SSSR count). The number of carboxylic acids is 1. The average molecular weight is 266 g/mol. The van der Waals surface area contributed by atoms with E-state index in [1.807, 2.05) is 0 Å². The van der Waals surface area contributed by atoms with E-state index in [-0.39, 0.29) is 6.54 Å². The summed E-state index contributed by atoms with van der Waals surface area (Å²) in [6.07, 6.45) is 0.438. The number of nitro benzene ring substituents is 1. The number of aldehydes is 1. The lowest BCUT2D eigenvalue weighted by Crippen LogP contribution is -2.30. The first-order chi connectivity index (χ1) is 8.90. The Morgan fingerprint density at radius 1 is 1.47 bits per heavy atom. The molecule has 0 aliphatic rings. The van der Waals surface area contributed by atoms with Crippen LogP contribution in [0.1, 0.15) is 20.7 Å². The second kappa shape index (κ2) is 5.71. The van der Waals surface area contributed by atoms with Crippen LogP contribution in [-0.2, 0) is 4.79 Å². The third-order valence-electron chi connectivity index (χ3n) is 2.38. The van der Waals surface area contributed by atoms with Crippen molar-refractivity contribution >= 4 is 23.9 Å². The van der Waals surface area contributed by atoms with Gasteiger partial charge >= 0.3 is 5.97 Å². The van der Waals surface area contributed by atoms with E-state index in [4.69, 9.17) is 5.11 Å². The molecule has 0 aliphatic carbocycles. The lowest BCUT2D eigenvalue weighted by atomic mass is 10.0. The molecule has 100 valence electrons. The number of amides is 1. The first-order valence-corrected chi connectivity index (χ1v) is 5.10. The molecule has 8 heteroatoms. The van der Waals surface area contributed by atoms with Crippen LogP contribution in [0, 0.1) is 10.1 Å². The van der Waals surface area contributed by atoms with E-state index >= 15 is 0 Å². The molecule has 0 heterocycles. The number of nitrogens with zero attached hydrogens (tertiary/aromatic N) is 2. The van der Waals surface area contributed by atoms with E-state index in [1.165, 1.54) is 13.1 Å². The summed E-state index contributed by atoms with van der Waals surface area (Å²) in [6, 6.07) is 3.31. The van der Waals surface area contributed by atoms with Gasteiger partial charge in [-0.25, -0.2) is 4.79 Å². The molecule has 0 spiro atoms. The zero-order valence-corrected chi connectivity index (χ0v) is 9.90. The maximum atomic E-state index is 12.0. The van der Waals surface area contributed by atoms with Crippen molar-refractivity contribution in [3.63, 3.8) is 0 Å². The Morgan fingerprint density at radius 3 is 2.58 bits per heavy atom. The maximum Gasteiger partial charge on any atom is 0.336 e. The van der Waals surface area contributed by atoms with Gasteiger partial charge in [-0.15, -0.1) is 0 Å². The predicted molar refractivity (Wildman–Crippen MR) is 63.1 cm³/mol. The summed E-state index contributed by atoms with van der Waals surface area (Å²) in [5.74, 6) is -2.34. The fourth-order valence-electron chi connectivity index (χ4n) is 1.48. The third-order valence-corrected chi connectivity index (χ3v) is 2.38. The summed E-state index contributed by atoms with van der Waals surface area (Å²) < 4.78 is 0. The first-order valence-electron chi connectivity index (χ1n) is 5.10. The van der Waals surface area contributed by atoms with Gasteiger partial charge in [-0.3, -0.25) is 14.9 Å². The topological polar surface area (TPSA) is 118 Å². The van der Waals surface area contributed by atoms with Gasteiger partial charge in [0.05, 0.1) is 17.0 Å². The number of rotatable bonds is 5. The normalized spacial score (nSPS) is 9.74. The van der Waals surface area contributed by atoms with Gasteiger partial charge in [-0.2, -0.15) is 0 Å². The van der Waals surface area contributed by atoms with Crippen molar-refractivity contribution < 1.29 is 24.4 Å². The first kappa shape index (κ1) is 14.3. The van der Waals surface area contributed by atoms with E-state index in [1.54, 1.807) is 0 Å². The summed E-state index contributed by atoms with van der Waals surface area (Å²) in [5.41, 5.74) is -1.62. The number of aromatic carboxylic acids is 1. The Morgan fingerprint density at radius 2 is 2.11 bits per heavy atom. The number of likely N-dealkylation sites (N-methyl/N-ethyl adjacent to an activating group) is 1. The number of hydrogen-bond donors (Lipinski definition) is 1. The van der Waals surface area contributed by atoms with Gasteiger partial charge in [0.15, 0.2) is 0 Å². The monoisotopic (exact) mass is 266 g/mol. The smallest absolute Gasteiger partial charge is 0.336 e. The zero-order chi connectivity index (χ0) is 14.6. The molecule has 1 N–H and O–H groups in total. The van der Waals surface area contributed by atoms with Gasteiger partial charge in [0.25, 0.3) is 11.6 Å². The van der Waals surface area contributed by atoms with Crippen LogP contribution in [0.25, 0.3) is 0 Å². The van der Waals surface area contributed by atoms with E-state index in [9.17, 15) is 24.5 Å². The minimum absolute atomic E-state index is 0.288. The van der Waals surface area contributed by atoms with E-state index in [0.29, 0.717) is 6.29 Å². The van der Waals surface area contributed by atoms with Crippen molar-refractivity contribution in [3.05, 3.63) is 39.4 Å². The molecule has 19 heavy (non-hydrogen) atoms. The molecule has 0 aromatic heterocycles. The Kier molecular flexibility index (Phi) is 4.30. The average Bonchev–Trinajstić information content (AvgIpc) is 2.36. The fourth-order valence-corrected chi connectivity index (χ4v) is 1.48. The highest BCUT2D eigenvalue weighted by Gasteiger charge is 2.28. The molecule has 0 atom stereocenters. The van der Waals surface area contributed by atoms with Crippen molar-refractivity contribution in [2.24, 2.45) is 0 Å². The SMILES string of the molecule is CN(CC=O)C(=O)c1c(C(=O)O)cccc1[N+](=O)[O-]. The van der Waals surface area contributed by atoms with Crippen molar-refractivity contribution in [1.29, 1.82) is 0 Å². The number of carbonyl (C=O) groups is 3. The summed E-state index contributed by atoms with van der Waals surface area (Å²) in [4.78, 5) is 44.3. The lowest BCUT2D eigenvalue weighted by Gasteiger charge is -2.15. The molecular weight excluding hydrogens is 256 g/mol. The second-order valence-electron chi connectivity index (χ2n) is 3.61. The van der Waals surface area contributed by atoms with Crippen molar-refractivity contribution in [2.45, 2.75) is 0 Å². The molecule has 0 saturated heterocycles. The number of hydrogen-bond acceptors (Lipinski definition) is 5. The van der Waals surface area contributed by atoms with Crippen molar-refractivity contribution in [3.8, 4) is 0 Å². The molecule has 0 bridgehead atoms. The van der Waals surface area contributed by atoms with Crippen molar-refractivity contribution in [1.82, 2.24) is 4.90 Å². The molecule has 0 aliphatic heterocycles. The molecule has 0 radical (unpaired) electrons. The molecule has 8 nitrogen and oxygen atoms in total. The molecule has 1 aromatic rings. The summed E-state index contributed by atoms with van der Waals surface area (Å²) >= 11 is 0. The maximum absolute atomic E-state index is 12.0. The van der Waals surface area contributed by atoms with Gasteiger partial charge < -0.3 is 14.8 Å². The van der Waals surface area contributed by atoms with Crippen LogP contribution >= 0.6 is 0 Å². The Hall–Kier alpha value is -2.77. The number of carbonyl (C=O) groups excluding carboxylic acids is 2. The molecule has 1 amide bonds. The van der Waals surface area contributed by atoms with Crippen molar-refractivity contribution in [2.75, 3.05) is 13.6 Å². The standard InChI is InChI=1S/C11H10N2O6/c1-12(5-6-14)10(15)9-7(11(16)17)3-2-4-8(9)13(18)19/h2-4,6H,5H2,1H3,(H,16,17). The number of carboxylic acid groups (broad SMARTS) is 1. The van der Waals surface area contributed by atoms with Gasteiger partial charge in [0.1, 0.15) is 11.8 Å². The van der Waals surface area contributed by atoms with Crippen LogP contribution in [0.2, 0.25) is 0 Å². The van der Waals surface area contributed by atoms with Crippen LogP contribution in [0.15, 0.2) is 18.2 Å². The molecule has 0 saturated carbocycles. The predicted octanol–water partition coefficient (Wildman–Crippen LogP) is 0.564. The lowest BCUT2D eigenvalue weighted by molar-refractivity contribution is -0.385. The van der Waals surface area contributed by atoms with E-state index < -0.39 is 33.6 Å². The van der Waals surface area contributed by atoms with Gasteiger partial charge in [0, 0.05) is 13.1 Å².